The maximum atomic E-state index is 12.7. The van der Waals surface area contributed by atoms with E-state index in [4.69, 9.17) is 0 Å². The lowest BCUT2D eigenvalue weighted by Gasteiger charge is -2.01. The number of hydrogen-bond acceptors (Lipinski definition) is 6. The number of pyridine rings is 2. The van der Waals surface area contributed by atoms with Gasteiger partial charge in [0, 0.05) is 65.5 Å². The second-order valence-electron chi connectivity index (χ2n) is 6.82. The van der Waals surface area contributed by atoms with Crippen LogP contribution in [0.5, 0.6) is 0 Å². The Balaban J connectivity index is 0.000000139. The van der Waals surface area contributed by atoms with Crippen molar-refractivity contribution in [3.8, 4) is 22.3 Å². The molecule has 6 rings (SSSR count). The molecule has 8 nitrogen and oxygen atoms in total. The van der Waals surface area contributed by atoms with E-state index in [0.29, 0.717) is 0 Å². The van der Waals surface area contributed by atoms with E-state index < -0.39 is 11.9 Å². The van der Waals surface area contributed by atoms with Crippen molar-refractivity contribution in [1.29, 1.82) is 0 Å². The summed E-state index contributed by atoms with van der Waals surface area (Å²) in [6.07, 6.45) is 13.4. The van der Waals surface area contributed by atoms with Gasteiger partial charge in [0.05, 0.1) is 16.9 Å². The molecule has 0 fully saturated rings. The van der Waals surface area contributed by atoms with E-state index in [1.54, 1.807) is 46.0 Å². The number of rotatable bonds is 2. The first-order chi connectivity index (χ1) is 16.1. The van der Waals surface area contributed by atoms with E-state index in [0.717, 1.165) is 38.0 Å². The summed E-state index contributed by atoms with van der Waals surface area (Å²) in [6.45, 7) is 0. The zero-order chi connectivity index (χ0) is 22.8. The molecular formula is C22H13BrF2N8. The molecular weight excluding hydrogens is 494 g/mol. The van der Waals surface area contributed by atoms with Crippen molar-refractivity contribution in [3.05, 3.63) is 96.3 Å². The monoisotopic (exact) mass is 506 g/mol. The summed E-state index contributed by atoms with van der Waals surface area (Å²) in [4.78, 5) is 15.7. The zero-order valence-corrected chi connectivity index (χ0v) is 18.3. The predicted octanol–water partition coefficient (Wildman–Crippen LogP) is 4.62. The van der Waals surface area contributed by atoms with Crippen LogP contribution >= 0.6 is 15.9 Å². The van der Waals surface area contributed by atoms with E-state index in [2.05, 4.69) is 46.1 Å². The Morgan fingerprint density at radius 3 is 1.85 bits per heavy atom. The van der Waals surface area contributed by atoms with Crippen molar-refractivity contribution in [3.63, 3.8) is 0 Å². The predicted molar refractivity (Wildman–Crippen MR) is 120 cm³/mol. The minimum Gasteiger partial charge on any atom is -0.236 e. The average molecular weight is 507 g/mol. The third-order valence-corrected chi connectivity index (χ3v) is 5.24. The van der Waals surface area contributed by atoms with E-state index in [1.807, 2.05) is 18.5 Å². The van der Waals surface area contributed by atoms with Crippen molar-refractivity contribution < 1.29 is 8.78 Å². The number of halogens is 3. The van der Waals surface area contributed by atoms with Crippen LogP contribution in [-0.4, -0.2) is 39.2 Å². The quantitative estimate of drug-likeness (QED) is 0.318. The molecule has 6 aromatic heterocycles. The molecule has 6 heterocycles. The summed E-state index contributed by atoms with van der Waals surface area (Å²) in [5, 5.41) is 8.22. The third kappa shape index (κ3) is 4.44. The molecule has 162 valence electrons. The molecule has 11 heteroatoms. The lowest BCUT2D eigenvalue weighted by molar-refractivity contribution is 0.583. The molecule has 0 N–H and O–H groups in total. The molecule has 0 radical (unpaired) electrons. The highest BCUT2D eigenvalue weighted by Gasteiger charge is 2.05. The number of nitrogens with zero attached hydrogens (tertiary/aromatic N) is 8. The summed E-state index contributed by atoms with van der Waals surface area (Å²) in [7, 11) is 0. The van der Waals surface area contributed by atoms with Crippen LogP contribution in [0.4, 0.5) is 8.78 Å². The number of hydrogen-bond donors (Lipinski definition) is 0. The summed E-state index contributed by atoms with van der Waals surface area (Å²) in [5.41, 5.74) is 4.81. The van der Waals surface area contributed by atoms with Crippen molar-refractivity contribution >= 4 is 27.2 Å². The lowest BCUT2D eigenvalue weighted by atomic mass is 10.1. The van der Waals surface area contributed by atoms with Gasteiger partial charge in [0.15, 0.2) is 11.3 Å². The van der Waals surface area contributed by atoms with Gasteiger partial charge in [0.2, 0.25) is 11.9 Å². The van der Waals surface area contributed by atoms with Gasteiger partial charge in [-0.05, 0) is 40.2 Å². The first-order valence-electron chi connectivity index (χ1n) is 9.59. The lowest BCUT2D eigenvalue weighted by Crippen LogP contribution is -1.92. The molecule has 0 aromatic carbocycles. The molecule has 0 aliphatic rings. The van der Waals surface area contributed by atoms with Gasteiger partial charge in [-0.1, -0.05) is 0 Å². The van der Waals surface area contributed by atoms with Crippen molar-refractivity contribution in [1.82, 2.24) is 39.2 Å². The SMILES string of the molecule is Fc1ccc(-c2cnc3c(Br)cnn3c2)cn1.Fc1ccc(-c2cnc3ccnn3c2)cn1. The fraction of sp³-hybridized carbons (Fsp3) is 0. The van der Waals surface area contributed by atoms with Gasteiger partial charge in [-0.25, -0.2) is 29.0 Å². The van der Waals surface area contributed by atoms with Gasteiger partial charge in [-0.3, -0.25) is 0 Å². The molecule has 0 atom stereocenters. The van der Waals surface area contributed by atoms with Crippen LogP contribution < -0.4 is 0 Å². The van der Waals surface area contributed by atoms with Crippen LogP contribution in [0.3, 0.4) is 0 Å². The molecule has 0 saturated carbocycles. The van der Waals surface area contributed by atoms with E-state index in [1.165, 1.54) is 24.5 Å². The van der Waals surface area contributed by atoms with E-state index in [9.17, 15) is 8.78 Å². The van der Waals surface area contributed by atoms with Gasteiger partial charge >= 0.3 is 0 Å². The van der Waals surface area contributed by atoms with Crippen molar-refractivity contribution in [2.75, 3.05) is 0 Å². The van der Waals surface area contributed by atoms with Crippen LogP contribution in [0.1, 0.15) is 0 Å². The highest BCUT2D eigenvalue weighted by Crippen LogP contribution is 2.21. The summed E-state index contributed by atoms with van der Waals surface area (Å²) >= 11 is 3.35. The standard InChI is InChI=1S/C11H6BrFN4.C11H7FN4/c12-9-5-16-17-6-8(4-15-11(9)17)7-1-2-10(13)14-3-7;12-10-2-1-8(5-13-10)9-6-14-11-3-4-15-16(11)7-9/h1-6H;1-7H. The summed E-state index contributed by atoms with van der Waals surface area (Å²) in [5.74, 6) is -0.985. The zero-order valence-electron chi connectivity index (χ0n) is 16.7. The molecule has 33 heavy (non-hydrogen) atoms. The highest BCUT2D eigenvalue weighted by molar-refractivity contribution is 9.10. The van der Waals surface area contributed by atoms with Crippen LogP contribution in [-0.2, 0) is 0 Å². The molecule has 0 unspecified atom stereocenters. The smallest absolute Gasteiger partial charge is 0.212 e. The molecule has 0 aliphatic heterocycles. The van der Waals surface area contributed by atoms with Crippen LogP contribution in [0.15, 0.2) is 84.4 Å². The first-order valence-corrected chi connectivity index (χ1v) is 10.4. The first kappa shape index (κ1) is 20.8. The normalized spacial score (nSPS) is 10.9. The Morgan fingerprint density at radius 1 is 0.606 bits per heavy atom. The third-order valence-electron chi connectivity index (χ3n) is 4.68. The number of fused-ring (bicyclic) bond motifs is 2. The maximum absolute atomic E-state index is 12.7. The average Bonchev–Trinajstić information content (AvgIpc) is 3.46. The summed E-state index contributed by atoms with van der Waals surface area (Å²) < 4.78 is 29.5. The second-order valence-corrected chi connectivity index (χ2v) is 7.67. The second kappa shape index (κ2) is 8.79. The maximum Gasteiger partial charge on any atom is 0.212 e. The van der Waals surface area contributed by atoms with Gasteiger partial charge in [-0.2, -0.15) is 19.0 Å². The Labute approximate surface area is 193 Å². The van der Waals surface area contributed by atoms with Crippen molar-refractivity contribution in [2.45, 2.75) is 0 Å². The molecule has 0 aliphatic carbocycles. The van der Waals surface area contributed by atoms with Gasteiger partial charge in [-0.15, -0.1) is 0 Å². The van der Waals surface area contributed by atoms with Gasteiger partial charge < -0.3 is 0 Å². The van der Waals surface area contributed by atoms with Gasteiger partial charge in [0.25, 0.3) is 0 Å². The molecule has 0 spiro atoms. The van der Waals surface area contributed by atoms with Crippen LogP contribution in [0.25, 0.3) is 33.5 Å². The van der Waals surface area contributed by atoms with Crippen LogP contribution in [0, 0.1) is 11.9 Å². The van der Waals surface area contributed by atoms with Gasteiger partial charge in [0.1, 0.15) is 0 Å². The van der Waals surface area contributed by atoms with E-state index >= 15 is 0 Å². The molecule has 6 aromatic rings. The number of aromatic nitrogens is 8. The molecule has 0 bridgehead atoms. The Kier molecular flexibility index (Phi) is 5.53. The summed E-state index contributed by atoms with van der Waals surface area (Å²) in [6, 6.07) is 7.77. The fourth-order valence-electron chi connectivity index (χ4n) is 3.05. The fourth-order valence-corrected chi connectivity index (χ4v) is 3.42. The van der Waals surface area contributed by atoms with E-state index in [-0.39, 0.29) is 0 Å². The topological polar surface area (TPSA) is 86.2 Å². The highest BCUT2D eigenvalue weighted by atomic mass is 79.9. The Hall–Kier alpha value is -4.12. The minimum absolute atomic E-state index is 0.489. The van der Waals surface area contributed by atoms with Crippen LogP contribution in [0.2, 0.25) is 0 Å². The Morgan fingerprint density at radius 2 is 1.21 bits per heavy atom. The Bertz CT molecular complexity index is 1550. The van der Waals surface area contributed by atoms with Crippen molar-refractivity contribution in [2.24, 2.45) is 0 Å². The molecule has 0 amide bonds. The minimum atomic E-state index is -0.496. The molecule has 0 saturated heterocycles. The largest absolute Gasteiger partial charge is 0.236 e.